The van der Waals surface area contributed by atoms with Gasteiger partial charge in [-0.05, 0) is 19.1 Å². The fourth-order valence-corrected chi connectivity index (χ4v) is 3.41. The van der Waals surface area contributed by atoms with Crippen LogP contribution in [0.2, 0.25) is 5.02 Å². The van der Waals surface area contributed by atoms with Crippen LogP contribution in [0.1, 0.15) is 19.5 Å². The van der Waals surface area contributed by atoms with Crippen molar-refractivity contribution < 1.29 is 0 Å². The first kappa shape index (κ1) is 13.9. The largest absolute Gasteiger partial charge is 0.308 e. The molecule has 2 rings (SSSR count). The second-order valence-electron chi connectivity index (χ2n) is 4.56. The lowest BCUT2D eigenvalue weighted by molar-refractivity contribution is 0.202. The average molecular weight is 287 g/mol. The number of hydrazine groups is 1. The van der Waals surface area contributed by atoms with Crippen LogP contribution in [0, 0.1) is 0 Å². The van der Waals surface area contributed by atoms with Crippen LogP contribution in [-0.4, -0.2) is 33.5 Å². The number of thioether (sulfide) groups is 1. The molecule has 0 radical (unpaired) electrons. The van der Waals surface area contributed by atoms with Gasteiger partial charge in [-0.15, -0.1) is 0 Å². The molecule has 3 N–H and O–H groups in total. The molecule has 1 aromatic heterocycles. The highest BCUT2D eigenvalue weighted by Crippen LogP contribution is 2.27. The zero-order chi connectivity index (χ0) is 13.1. The summed E-state index contributed by atoms with van der Waals surface area (Å²) in [6.45, 7) is 6.39. The molecule has 0 bridgehead atoms. The Morgan fingerprint density at radius 2 is 2.33 bits per heavy atom. The third-order valence-corrected chi connectivity index (χ3v) is 5.12. The van der Waals surface area contributed by atoms with Gasteiger partial charge in [-0.2, -0.15) is 11.8 Å². The molecular weight excluding hydrogens is 268 g/mol. The summed E-state index contributed by atoms with van der Waals surface area (Å²) in [6.07, 6.45) is 0. The van der Waals surface area contributed by atoms with Gasteiger partial charge in [0.15, 0.2) is 0 Å². The molecule has 0 spiro atoms. The Morgan fingerprint density at radius 3 is 3.06 bits per heavy atom. The molecule has 0 aromatic carbocycles. The van der Waals surface area contributed by atoms with Crippen molar-refractivity contribution in [3.8, 4) is 0 Å². The first-order valence-electron chi connectivity index (χ1n) is 6.09. The van der Waals surface area contributed by atoms with Crippen LogP contribution < -0.4 is 11.3 Å². The van der Waals surface area contributed by atoms with Crippen LogP contribution in [-0.2, 0) is 6.54 Å². The van der Waals surface area contributed by atoms with E-state index in [1.54, 1.807) is 6.07 Å². The molecule has 4 nitrogen and oxygen atoms in total. The number of pyridine rings is 1. The van der Waals surface area contributed by atoms with Gasteiger partial charge >= 0.3 is 0 Å². The van der Waals surface area contributed by atoms with Crippen molar-refractivity contribution in [2.45, 2.75) is 31.7 Å². The van der Waals surface area contributed by atoms with Gasteiger partial charge < -0.3 is 5.43 Å². The molecule has 0 saturated carbocycles. The summed E-state index contributed by atoms with van der Waals surface area (Å²) in [5.74, 6) is 7.20. The van der Waals surface area contributed by atoms with Gasteiger partial charge in [0.1, 0.15) is 5.82 Å². The Balaban J connectivity index is 2.12. The van der Waals surface area contributed by atoms with E-state index in [4.69, 9.17) is 17.4 Å². The summed E-state index contributed by atoms with van der Waals surface area (Å²) in [5, 5.41) is 1.35. The van der Waals surface area contributed by atoms with Gasteiger partial charge in [0.25, 0.3) is 0 Å². The molecule has 100 valence electrons. The summed E-state index contributed by atoms with van der Waals surface area (Å²) in [6, 6.07) is 4.16. The van der Waals surface area contributed by atoms with E-state index in [-0.39, 0.29) is 0 Å². The lowest BCUT2D eigenvalue weighted by Gasteiger charge is -2.37. The van der Waals surface area contributed by atoms with Crippen LogP contribution in [0.5, 0.6) is 0 Å². The lowest BCUT2D eigenvalue weighted by atomic mass is 10.2. The molecule has 1 fully saturated rings. The minimum atomic E-state index is 0.538. The molecule has 6 heteroatoms. The van der Waals surface area contributed by atoms with Crippen molar-refractivity contribution >= 4 is 29.2 Å². The second kappa shape index (κ2) is 6.10. The van der Waals surface area contributed by atoms with Crippen LogP contribution in [0.4, 0.5) is 5.82 Å². The molecule has 1 aliphatic heterocycles. The maximum Gasteiger partial charge on any atom is 0.140 e. The number of halogens is 1. The van der Waals surface area contributed by atoms with Gasteiger partial charge in [0.05, 0.1) is 10.7 Å². The monoisotopic (exact) mass is 286 g/mol. The van der Waals surface area contributed by atoms with E-state index < -0.39 is 0 Å². The molecule has 1 aliphatic rings. The average Bonchev–Trinajstić information content (AvgIpc) is 2.37. The summed E-state index contributed by atoms with van der Waals surface area (Å²) in [5.41, 5.74) is 3.45. The second-order valence-corrected chi connectivity index (χ2v) is 6.45. The molecule has 2 heterocycles. The number of nitrogens with one attached hydrogen (secondary N) is 1. The van der Waals surface area contributed by atoms with Crippen molar-refractivity contribution in [2.24, 2.45) is 5.84 Å². The Labute approximate surface area is 117 Å². The van der Waals surface area contributed by atoms with E-state index in [1.807, 2.05) is 17.8 Å². The summed E-state index contributed by atoms with van der Waals surface area (Å²) in [7, 11) is 0. The predicted molar refractivity (Wildman–Crippen MR) is 78.8 cm³/mol. The fourth-order valence-electron chi connectivity index (χ4n) is 2.09. The van der Waals surface area contributed by atoms with Gasteiger partial charge in [-0.1, -0.05) is 18.5 Å². The van der Waals surface area contributed by atoms with Gasteiger partial charge in [0, 0.05) is 30.1 Å². The highest BCUT2D eigenvalue weighted by atomic mass is 35.5. The standard InChI is InChI=1S/C12H19ClN4S/c1-8-9(2)18-6-5-17(8)7-11-10(13)3-4-12(15-11)16-14/h3-4,8-9H,5-7,14H2,1-2H3,(H,15,16). The van der Waals surface area contributed by atoms with Crippen LogP contribution in [0.3, 0.4) is 0 Å². The maximum absolute atomic E-state index is 6.19. The zero-order valence-corrected chi connectivity index (χ0v) is 12.3. The van der Waals surface area contributed by atoms with Crippen molar-refractivity contribution in [2.75, 3.05) is 17.7 Å². The predicted octanol–water partition coefficient (Wildman–Crippen LogP) is 2.35. The normalized spacial score (nSPS) is 25.1. The fraction of sp³-hybridized carbons (Fsp3) is 0.583. The van der Waals surface area contributed by atoms with Crippen molar-refractivity contribution in [3.63, 3.8) is 0 Å². The molecule has 2 unspecified atom stereocenters. The number of hydrogen-bond acceptors (Lipinski definition) is 5. The van der Waals surface area contributed by atoms with Crippen molar-refractivity contribution in [1.82, 2.24) is 9.88 Å². The molecule has 0 aliphatic carbocycles. The van der Waals surface area contributed by atoms with Crippen molar-refractivity contribution in [3.05, 3.63) is 22.8 Å². The third-order valence-electron chi connectivity index (χ3n) is 3.43. The first-order chi connectivity index (χ1) is 8.61. The van der Waals surface area contributed by atoms with Crippen LogP contribution in [0.15, 0.2) is 12.1 Å². The Bertz CT molecular complexity index is 415. The highest BCUT2D eigenvalue weighted by Gasteiger charge is 2.25. The van der Waals surface area contributed by atoms with Crippen molar-refractivity contribution in [1.29, 1.82) is 0 Å². The van der Waals surface area contributed by atoms with E-state index in [9.17, 15) is 0 Å². The minimum Gasteiger partial charge on any atom is -0.308 e. The van der Waals surface area contributed by atoms with Crippen LogP contribution in [0.25, 0.3) is 0 Å². The van der Waals surface area contributed by atoms with E-state index in [2.05, 4.69) is 29.2 Å². The molecule has 0 amide bonds. The summed E-state index contributed by atoms with van der Waals surface area (Å²) in [4.78, 5) is 6.85. The highest BCUT2D eigenvalue weighted by molar-refractivity contribution is 8.00. The Kier molecular flexibility index (Phi) is 4.72. The third kappa shape index (κ3) is 3.09. The SMILES string of the molecule is CC1SCCN(Cc2nc(NN)ccc2Cl)C1C. The van der Waals surface area contributed by atoms with E-state index in [0.717, 1.165) is 24.5 Å². The number of nitrogen functional groups attached to an aromatic ring is 1. The lowest BCUT2D eigenvalue weighted by Crippen LogP contribution is -2.44. The molecule has 1 saturated heterocycles. The minimum absolute atomic E-state index is 0.538. The number of rotatable bonds is 3. The first-order valence-corrected chi connectivity index (χ1v) is 7.52. The smallest absolute Gasteiger partial charge is 0.140 e. The van der Waals surface area contributed by atoms with Gasteiger partial charge in [-0.25, -0.2) is 10.8 Å². The number of hydrogen-bond donors (Lipinski definition) is 2. The van der Waals surface area contributed by atoms with Gasteiger partial charge in [-0.3, -0.25) is 4.90 Å². The van der Waals surface area contributed by atoms with E-state index in [0.29, 0.717) is 22.1 Å². The number of nitrogens with zero attached hydrogens (tertiary/aromatic N) is 2. The molecule has 1 aromatic rings. The number of nitrogens with two attached hydrogens (primary N) is 1. The quantitative estimate of drug-likeness (QED) is 0.660. The number of anilines is 1. The van der Waals surface area contributed by atoms with Crippen LogP contribution >= 0.6 is 23.4 Å². The molecule has 18 heavy (non-hydrogen) atoms. The molecular formula is C12H19ClN4S. The maximum atomic E-state index is 6.19. The Hall–Kier alpha value is -0.490. The zero-order valence-electron chi connectivity index (χ0n) is 10.7. The van der Waals surface area contributed by atoms with E-state index >= 15 is 0 Å². The van der Waals surface area contributed by atoms with Gasteiger partial charge in [0.2, 0.25) is 0 Å². The number of aromatic nitrogens is 1. The summed E-state index contributed by atoms with van der Waals surface area (Å²) >= 11 is 8.22. The van der Waals surface area contributed by atoms with E-state index in [1.165, 1.54) is 0 Å². The summed E-state index contributed by atoms with van der Waals surface area (Å²) < 4.78 is 0. The molecule has 2 atom stereocenters. The Morgan fingerprint density at radius 1 is 1.56 bits per heavy atom. The topological polar surface area (TPSA) is 54.2 Å².